The quantitative estimate of drug-likeness (QED) is 0.668. The van der Waals surface area contributed by atoms with Crippen LogP contribution in [0.5, 0.6) is 0 Å². The Labute approximate surface area is 144 Å². The van der Waals surface area contributed by atoms with Crippen LogP contribution in [0, 0.1) is 5.92 Å². The van der Waals surface area contributed by atoms with Crippen molar-refractivity contribution in [2.45, 2.75) is 19.9 Å². The minimum absolute atomic E-state index is 0.131. The number of ether oxygens (including phenoxy) is 1. The number of quaternary nitrogens is 1. The fourth-order valence-electron chi connectivity index (χ4n) is 2.23. The van der Waals surface area contributed by atoms with Crippen LogP contribution in [0.3, 0.4) is 0 Å². The van der Waals surface area contributed by atoms with E-state index >= 15 is 0 Å². The van der Waals surface area contributed by atoms with E-state index in [0.717, 1.165) is 11.3 Å². The first-order chi connectivity index (χ1) is 11.2. The van der Waals surface area contributed by atoms with Gasteiger partial charge in [-0.05, 0) is 12.1 Å². The summed E-state index contributed by atoms with van der Waals surface area (Å²) in [6.45, 7) is 3.74. The summed E-state index contributed by atoms with van der Waals surface area (Å²) in [4.78, 5) is 26.5. The highest BCUT2D eigenvalue weighted by atomic mass is 16.5. The second kappa shape index (κ2) is 9.27. The summed E-state index contributed by atoms with van der Waals surface area (Å²) in [6.07, 6.45) is 0. The number of carbonyl (C=O) groups is 2. The molecule has 0 aliphatic heterocycles. The Morgan fingerprint density at radius 2 is 1.75 bits per heavy atom. The molecule has 1 amide bonds. The first kappa shape index (κ1) is 20.0. The number of likely N-dealkylation sites (N-methyl/N-ethyl adjacent to an activating group) is 1. The maximum atomic E-state index is 11.9. The molecular weight excluding hydrogens is 306 g/mol. The molecule has 6 heteroatoms. The van der Waals surface area contributed by atoms with E-state index in [-0.39, 0.29) is 30.4 Å². The molecule has 0 fully saturated rings. The minimum atomic E-state index is -0.362. The molecule has 1 aromatic rings. The number of amides is 1. The summed E-state index contributed by atoms with van der Waals surface area (Å²) in [5, 5.41) is 2.85. The van der Waals surface area contributed by atoms with Gasteiger partial charge in [0.05, 0.1) is 26.6 Å². The van der Waals surface area contributed by atoms with Gasteiger partial charge in [-0.2, -0.15) is 0 Å². The monoisotopic (exact) mass is 336 g/mol. The van der Waals surface area contributed by atoms with Crippen LogP contribution in [0.15, 0.2) is 24.3 Å². The topological polar surface area (TPSA) is 63.1 Å². The van der Waals surface area contributed by atoms with Gasteiger partial charge in [0, 0.05) is 25.3 Å². The number of hydrogen-bond donors (Lipinski definition) is 2. The number of carbonyl (C=O) groups excluding carboxylic acids is 2. The van der Waals surface area contributed by atoms with Crippen LogP contribution >= 0.6 is 0 Å². The molecule has 2 N–H and O–H groups in total. The Balaban J connectivity index is 2.60. The molecule has 1 atom stereocenters. The lowest BCUT2D eigenvalue weighted by Crippen LogP contribution is -3.07. The third-order valence-corrected chi connectivity index (χ3v) is 3.83. The highest BCUT2D eigenvalue weighted by Gasteiger charge is 2.19. The largest absolute Gasteiger partial charge is 0.455 e. The van der Waals surface area contributed by atoms with Crippen LogP contribution in [0.4, 0.5) is 5.69 Å². The molecule has 0 unspecified atom stereocenters. The Morgan fingerprint density at radius 3 is 2.21 bits per heavy atom. The molecule has 0 radical (unpaired) electrons. The first-order valence-corrected chi connectivity index (χ1v) is 8.23. The highest BCUT2D eigenvalue weighted by molar-refractivity contribution is 5.81. The van der Waals surface area contributed by atoms with Gasteiger partial charge in [0.2, 0.25) is 0 Å². The standard InChI is InChI=1S/C18H29N3O3/c1-13(2)18(23)24-12-17(22)19-11-16(21(5)6)14-7-9-15(10-8-14)20(3)4/h7-10,13,16H,11-12H2,1-6H3,(H,19,22)/p+1/t16-/m0/s1. The maximum Gasteiger partial charge on any atom is 0.308 e. The van der Waals surface area contributed by atoms with Crippen molar-refractivity contribution in [3.63, 3.8) is 0 Å². The molecular formula is C18H30N3O3+. The predicted octanol–water partition coefficient (Wildman–Crippen LogP) is 0.254. The molecule has 24 heavy (non-hydrogen) atoms. The van der Waals surface area contributed by atoms with Crippen LogP contribution in [0.25, 0.3) is 0 Å². The van der Waals surface area contributed by atoms with Gasteiger partial charge in [-0.3, -0.25) is 9.59 Å². The Hall–Kier alpha value is -2.08. The number of hydrogen-bond acceptors (Lipinski definition) is 4. The van der Waals surface area contributed by atoms with Crippen molar-refractivity contribution in [3.8, 4) is 0 Å². The van der Waals surface area contributed by atoms with Crippen LogP contribution < -0.4 is 15.1 Å². The summed E-state index contributed by atoms with van der Waals surface area (Å²) in [7, 11) is 8.11. The summed E-state index contributed by atoms with van der Waals surface area (Å²) >= 11 is 0. The number of nitrogens with zero attached hydrogens (tertiary/aromatic N) is 1. The van der Waals surface area contributed by atoms with E-state index in [1.54, 1.807) is 13.8 Å². The van der Waals surface area contributed by atoms with Gasteiger partial charge in [0.1, 0.15) is 6.04 Å². The van der Waals surface area contributed by atoms with Gasteiger partial charge < -0.3 is 19.9 Å². The van der Waals surface area contributed by atoms with Gasteiger partial charge in [-0.25, -0.2) is 0 Å². The van der Waals surface area contributed by atoms with E-state index in [9.17, 15) is 9.59 Å². The lowest BCUT2D eigenvalue weighted by molar-refractivity contribution is -0.890. The normalized spacial score (nSPS) is 12.2. The van der Waals surface area contributed by atoms with Gasteiger partial charge in [-0.15, -0.1) is 0 Å². The molecule has 0 aromatic heterocycles. The lowest BCUT2D eigenvalue weighted by atomic mass is 10.1. The van der Waals surface area contributed by atoms with Crippen LogP contribution in [-0.2, 0) is 14.3 Å². The molecule has 1 rings (SSSR count). The zero-order chi connectivity index (χ0) is 18.3. The number of benzene rings is 1. The summed E-state index contributed by atoms with van der Waals surface area (Å²) in [5.41, 5.74) is 2.29. The van der Waals surface area contributed by atoms with Crippen molar-refractivity contribution in [1.29, 1.82) is 0 Å². The number of anilines is 1. The van der Waals surface area contributed by atoms with Gasteiger partial charge in [0.25, 0.3) is 5.91 Å². The Bertz CT molecular complexity index is 539. The molecule has 0 aliphatic carbocycles. The number of nitrogens with one attached hydrogen (secondary N) is 2. The average molecular weight is 336 g/mol. The molecule has 1 aromatic carbocycles. The van der Waals surface area contributed by atoms with E-state index in [1.165, 1.54) is 4.90 Å². The fourth-order valence-corrected chi connectivity index (χ4v) is 2.23. The molecule has 6 nitrogen and oxygen atoms in total. The molecule has 0 aliphatic rings. The number of esters is 1. The molecule has 0 saturated heterocycles. The maximum absolute atomic E-state index is 11.9. The summed E-state index contributed by atoms with van der Waals surface area (Å²) in [5.74, 6) is -0.869. The van der Waals surface area contributed by atoms with Gasteiger partial charge in [-0.1, -0.05) is 26.0 Å². The van der Waals surface area contributed by atoms with Crippen molar-refractivity contribution in [2.75, 3.05) is 46.2 Å². The molecule has 0 bridgehead atoms. The Kier molecular flexibility index (Phi) is 7.71. The average Bonchev–Trinajstić information content (AvgIpc) is 2.52. The Morgan fingerprint density at radius 1 is 1.17 bits per heavy atom. The van der Waals surface area contributed by atoms with E-state index in [0.29, 0.717) is 6.54 Å². The van der Waals surface area contributed by atoms with Gasteiger partial charge in [0.15, 0.2) is 6.61 Å². The van der Waals surface area contributed by atoms with Crippen LogP contribution in [0.2, 0.25) is 0 Å². The van der Waals surface area contributed by atoms with Gasteiger partial charge >= 0.3 is 5.97 Å². The van der Waals surface area contributed by atoms with E-state index < -0.39 is 0 Å². The fraction of sp³-hybridized carbons (Fsp3) is 0.556. The highest BCUT2D eigenvalue weighted by Crippen LogP contribution is 2.16. The zero-order valence-corrected chi connectivity index (χ0v) is 15.6. The second-order valence-electron chi connectivity index (χ2n) is 6.68. The van der Waals surface area contributed by atoms with Crippen LogP contribution in [-0.4, -0.2) is 53.2 Å². The summed E-state index contributed by atoms with van der Waals surface area (Å²) < 4.78 is 4.94. The zero-order valence-electron chi connectivity index (χ0n) is 15.6. The summed E-state index contributed by atoms with van der Waals surface area (Å²) in [6, 6.07) is 8.43. The first-order valence-electron chi connectivity index (χ1n) is 8.23. The van der Waals surface area contributed by atoms with Crippen LogP contribution in [0.1, 0.15) is 25.5 Å². The van der Waals surface area contributed by atoms with Crippen molar-refractivity contribution in [2.24, 2.45) is 5.92 Å². The van der Waals surface area contributed by atoms with Crippen molar-refractivity contribution in [1.82, 2.24) is 5.32 Å². The second-order valence-corrected chi connectivity index (χ2v) is 6.68. The smallest absolute Gasteiger partial charge is 0.308 e. The third kappa shape index (κ3) is 6.20. The molecule has 0 spiro atoms. The van der Waals surface area contributed by atoms with E-state index in [2.05, 4.69) is 43.7 Å². The predicted molar refractivity (Wildman–Crippen MR) is 95.1 cm³/mol. The minimum Gasteiger partial charge on any atom is -0.455 e. The van der Waals surface area contributed by atoms with E-state index in [1.807, 2.05) is 19.0 Å². The third-order valence-electron chi connectivity index (χ3n) is 3.83. The molecule has 0 heterocycles. The van der Waals surface area contributed by atoms with Crippen molar-refractivity contribution in [3.05, 3.63) is 29.8 Å². The molecule has 134 valence electrons. The molecule has 0 saturated carbocycles. The number of rotatable bonds is 8. The van der Waals surface area contributed by atoms with E-state index in [4.69, 9.17) is 4.74 Å². The van der Waals surface area contributed by atoms with Crippen molar-refractivity contribution >= 4 is 17.6 Å². The van der Waals surface area contributed by atoms with Crippen molar-refractivity contribution < 1.29 is 19.2 Å². The SMILES string of the molecule is CC(C)C(=O)OCC(=O)NC[C@@H](c1ccc(N(C)C)cc1)[NH+](C)C. The lowest BCUT2D eigenvalue weighted by Gasteiger charge is -2.23.